The number of imidazole rings is 1. The second kappa shape index (κ2) is 6.80. The smallest absolute Gasteiger partial charge is 0.230 e. The van der Waals surface area contributed by atoms with E-state index in [0.29, 0.717) is 25.5 Å². The first kappa shape index (κ1) is 19.1. The van der Waals surface area contributed by atoms with Gasteiger partial charge in [0.05, 0.1) is 31.0 Å². The Labute approximate surface area is 175 Å². The van der Waals surface area contributed by atoms with Crippen molar-refractivity contribution in [1.82, 2.24) is 19.8 Å². The summed E-state index contributed by atoms with van der Waals surface area (Å²) in [6.07, 6.45) is 7.01. The number of fused-ring (bicyclic) bond motifs is 1. The highest BCUT2D eigenvalue weighted by Gasteiger charge is 2.67. The fraction of sp³-hybridized carbons (Fsp3) is 0.435. The van der Waals surface area contributed by atoms with Gasteiger partial charge in [0.1, 0.15) is 11.4 Å². The summed E-state index contributed by atoms with van der Waals surface area (Å²) in [5.74, 6) is -0.314. The lowest BCUT2D eigenvalue weighted by molar-refractivity contribution is -0.143. The van der Waals surface area contributed by atoms with Crippen molar-refractivity contribution in [3.05, 3.63) is 65.3 Å². The van der Waals surface area contributed by atoms with Crippen molar-refractivity contribution in [2.45, 2.75) is 38.6 Å². The fourth-order valence-corrected chi connectivity index (χ4v) is 5.06. The Morgan fingerprint density at radius 2 is 2.20 bits per heavy atom. The van der Waals surface area contributed by atoms with Crippen molar-refractivity contribution in [3.63, 3.8) is 0 Å². The molecule has 4 heterocycles. The van der Waals surface area contributed by atoms with Gasteiger partial charge in [-0.15, -0.1) is 0 Å². The predicted molar refractivity (Wildman–Crippen MR) is 110 cm³/mol. The summed E-state index contributed by atoms with van der Waals surface area (Å²) in [6.45, 7) is 5.55. The molecule has 1 N–H and O–H groups in total. The minimum Gasteiger partial charge on any atom is -0.360 e. The number of rotatable bonds is 5. The maximum atomic E-state index is 13.4. The maximum absolute atomic E-state index is 13.4. The summed E-state index contributed by atoms with van der Waals surface area (Å²) in [7, 11) is 1.75. The third-order valence-corrected chi connectivity index (χ3v) is 6.73. The van der Waals surface area contributed by atoms with Gasteiger partial charge in [-0.25, -0.2) is 4.98 Å². The van der Waals surface area contributed by atoms with E-state index < -0.39 is 17.4 Å². The second-order valence-corrected chi connectivity index (χ2v) is 8.74. The lowest BCUT2D eigenvalue weighted by atomic mass is 9.76. The van der Waals surface area contributed by atoms with Crippen LogP contribution in [0.1, 0.15) is 22.5 Å². The lowest BCUT2D eigenvalue weighted by Gasteiger charge is -2.27. The first-order valence-corrected chi connectivity index (χ1v) is 10.3. The number of aromatic amines is 1. The van der Waals surface area contributed by atoms with E-state index in [0.717, 1.165) is 5.56 Å². The van der Waals surface area contributed by atoms with Gasteiger partial charge in [-0.05, 0) is 30.5 Å². The van der Waals surface area contributed by atoms with Crippen LogP contribution in [0.25, 0.3) is 0 Å². The van der Waals surface area contributed by atoms with Gasteiger partial charge in [0, 0.05) is 26.0 Å². The van der Waals surface area contributed by atoms with E-state index in [1.165, 1.54) is 11.1 Å². The van der Waals surface area contributed by atoms with Crippen LogP contribution in [0.4, 0.5) is 0 Å². The molecule has 5 rings (SSSR count). The number of carbonyl (C=O) groups is 2. The van der Waals surface area contributed by atoms with E-state index in [-0.39, 0.29) is 17.9 Å². The van der Waals surface area contributed by atoms with E-state index in [2.05, 4.69) is 42.0 Å². The van der Waals surface area contributed by atoms with Gasteiger partial charge < -0.3 is 19.5 Å². The van der Waals surface area contributed by atoms with Gasteiger partial charge >= 0.3 is 0 Å². The molecule has 7 heteroatoms. The van der Waals surface area contributed by atoms with Crippen LogP contribution in [0.15, 0.2) is 42.7 Å². The molecule has 7 nitrogen and oxygen atoms in total. The number of benzene rings is 1. The van der Waals surface area contributed by atoms with Gasteiger partial charge in [0.25, 0.3) is 0 Å². The monoisotopic (exact) mass is 406 g/mol. The summed E-state index contributed by atoms with van der Waals surface area (Å²) in [5.41, 5.74) is 2.85. The number of amides is 2. The van der Waals surface area contributed by atoms with Crippen LogP contribution < -0.4 is 0 Å². The normalized spacial score (nSPS) is 29.0. The minimum absolute atomic E-state index is 0.00447. The largest absolute Gasteiger partial charge is 0.360 e. The number of aryl methyl sites for hydroxylation is 2. The molecule has 0 radical (unpaired) electrons. The Morgan fingerprint density at radius 3 is 2.93 bits per heavy atom. The third-order valence-electron chi connectivity index (χ3n) is 6.73. The molecule has 2 bridgehead atoms. The van der Waals surface area contributed by atoms with Crippen LogP contribution in [0.2, 0.25) is 0 Å². The number of ether oxygens (including phenoxy) is 1. The van der Waals surface area contributed by atoms with Crippen molar-refractivity contribution >= 4 is 11.8 Å². The molecule has 30 heavy (non-hydrogen) atoms. The van der Waals surface area contributed by atoms with Gasteiger partial charge in [-0.3, -0.25) is 9.59 Å². The lowest BCUT2D eigenvalue weighted by Crippen LogP contribution is -2.44. The predicted octanol–water partition coefficient (Wildman–Crippen LogP) is 1.97. The summed E-state index contributed by atoms with van der Waals surface area (Å²) >= 11 is 0. The Bertz CT molecular complexity index is 1030. The molecule has 2 saturated heterocycles. The summed E-state index contributed by atoms with van der Waals surface area (Å²) in [6, 6.07) is 6.28. The van der Waals surface area contributed by atoms with Crippen molar-refractivity contribution in [2.75, 3.05) is 13.6 Å². The van der Waals surface area contributed by atoms with Crippen molar-refractivity contribution < 1.29 is 14.3 Å². The Balaban J connectivity index is 1.36. The van der Waals surface area contributed by atoms with E-state index in [9.17, 15) is 9.59 Å². The zero-order valence-corrected chi connectivity index (χ0v) is 17.5. The van der Waals surface area contributed by atoms with Crippen LogP contribution in [0.3, 0.4) is 0 Å². The number of hydrogen-bond acceptors (Lipinski definition) is 4. The number of H-pyrrole nitrogens is 1. The first-order valence-electron chi connectivity index (χ1n) is 10.3. The van der Waals surface area contributed by atoms with Gasteiger partial charge in [0.2, 0.25) is 11.8 Å². The molecule has 156 valence electrons. The number of carbonyl (C=O) groups excluding carboxylic acids is 2. The molecule has 3 aliphatic rings. The topological polar surface area (TPSA) is 78.5 Å². The van der Waals surface area contributed by atoms with E-state index in [4.69, 9.17) is 4.74 Å². The average Bonchev–Trinajstić information content (AvgIpc) is 3.47. The zero-order valence-electron chi connectivity index (χ0n) is 17.5. The number of nitrogens with zero attached hydrogens (tertiary/aromatic N) is 3. The molecule has 4 atom stereocenters. The van der Waals surface area contributed by atoms with Crippen LogP contribution in [0, 0.1) is 25.7 Å². The number of nitrogens with one attached hydrogen (secondary N) is 1. The Morgan fingerprint density at radius 1 is 1.37 bits per heavy atom. The maximum Gasteiger partial charge on any atom is 0.230 e. The second-order valence-electron chi connectivity index (χ2n) is 8.74. The minimum atomic E-state index is -0.687. The Hall–Kier alpha value is -2.93. The quantitative estimate of drug-likeness (QED) is 0.770. The highest BCUT2D eigenvalue weighted by atomic mass is 16.5. The first-order chi connectivity index (χ1) is 14.4. The highest BCUT2D eigenvalue weighted by Crippen LogP contribution is 2.52. The van der Waals surface area contributed by atoms with Crippen molar-refractivity contribution in [3.8, 4) is 0 Å². The van der Waals surface area contributed by atoms with E-state index >= 15 is 0 Å². The van der Waals surface area contributed by atoms with E-state index in [1.807, 2.05) is 17.1 Å². The fourth-order valence-electron chi connectivity index (χ4n) is 5.06. The van der Waals surface area contributed by atoms with Crippen LogP contribution >= 0.6 is 0 Å². The van der Waals surface area contributed by atoms with Gasteiger partial charge in [-0.1, -0.05) is 30.4 Å². The summed E-state index contributed by atoms with van der Waals surface area (Å²) in [5, 5.41) is 0. The van der Waals surface area contributed by atoms with Crippen molar-refractivity contribution in [1.29, 1.82) is 0 Å². The standard InChI is InChI=1S/C23H26N4O3/c1-14-4-5-16(10-15(14)2)11-27-13-23-7-6-17(30-23)19(20(23)22(27)29)21(28)26(3)12-18-24-8-9-25-18/h4-10,17,19-20H,11-13H2,1-3H3,(H,24,25)/t17-,19+,20-,23-/m0/s1. The molecule has 3 aliphatic heterocycles. The molecule has 0 aliphatic carbocycles. The van der Waals surface area contributed by atoms with Crippen molar-refractivity contribution in [2.24, 2.45) is 11.8 Å². The molecule has 2 amide bonds. The molecular formula is C23H26N4O3. The SMILES string of the molecule is Cc1ccc(CN2C[C@]34C=C[C@H](O3)[C@@H](C(=O)N(C)Cc3ncc[nH]3)[C@H]4C2=O)cc1C. The number of hydrogen-bond donors (Lipinski definition) is 1. The van der Waals surface area contributed by atoms with Crippen LogP contribution in [-0.4, -0.2) is 56.9 Å². The molecule has 0 unspecified atom stereocenters. The summed E-state index contributed by atoms with van der Waals surface area (Å²) in [4.78, 5) is 37.4. The Kier molecular flexibility index (Phi) is 4.32. The summed E-state index contributed by atoms with van der Waals surface area (Å²) < 4.78 is 6.24. The zero-order chi connectivity index (χ0) is 21.0. The molecule has 2 aromatic rings. The average molecular weight is 406 g/mol. The number of aromatic nitrogens is 2. The molecule has 2 fully saturated rings. The van der Waals surface area contributed by atoms with Gasteiger partial charge in [0.15, 0.2) is 0 Å². The van der Waals surface area contributed by atoms with Gasteiger partial charge in [-0.2, -0.15) is 0 Å². The molecule has 1 aromatic heterocycles. The third kappa shape index (κ3) is 2.88. The molecule has 1 spiro atoms. The molecular weight excluding hydrogens is 380 g/mol. The van der Waals surface area contributed by atoms with Crippen LogP contribution in [0.5, 0.6) is 0 Å². The van der Waals surface area contributed by atoms with E-state index in [1.54, 1.807) is 24.3 Å². The molecule has 0 saturated carbocycles. The van der Waals surface area contributed by atoms with Crippen LogP contribution in [-0.2, 0) is 27.4 Å². The molecule has 1 aromatic carbocycles. The highest BCUT2D eigenvalue weighted by molar-refractivity contribution is 5.93. The number of likely N-dealkylation sites (tertiary alicyclic amines) is 1.